The standard InChI is InChI=1S/C22H19FN6O3/c23-18-4-2-1-3-17(18)19-11-26-22(32-19)10-9-20(30)25-12-21(31)28-15-5-7-16(8-6-15)29-14-24-13-27-29/h1-8,11,13-14H,9-10,12H2,(H,25,30)(H,28,31). The molecule has 0 fully saturated rings. The van der Waals surface area contributed by atoms with Crippen LogP contribution in [0.4, 0.5) is 10.1 Å². The molecular weight excluding hydrogens is 415 g/mol. The summed E-state index contributed by atoms with van der Waals surface area (Å²) in [7, 11) is 0. The Labute approximate surface area is 182 Å². The number of rotatable bonds is 8. The van der Waals surface area contributed by atoms with Gasteiger partial charge in [-0.1, -0.05) is 12.1 Å². The molecule has 0 spiro atoms. The maximum absolute atomic E-state index is 13.8. The van der Waals surface area contributed by atoms with Crippen LogP contribution < -0.4 is 10.6 Å². The van der Waals surface area contributed by atoms with Crippen molar-refractivity contribution < 1.29 is 18.4 Å². The SMILES string of the molecule is O=C(CCc1ncc(-c2ccccc2F)o1)NCC(=O)Nc1ccc(-n2cncn2)cc1. The van der Waals surface area contributed by atoms with Gasteiger partial charge in [0.2, 0.25) is 11.8 Å². The molecule has 2 amide bonds. The predicted molar refractivity (Wildman–Crippen MR) is 113 cm³/mol. The molecule has 162 valence electrons. The minimum Gasteiger partial charge on any atom is -0.441 e. The lowest BCUT2D eigenvalue weighted by molar-refractivity contribution is -0.124. The number of halogens is 1. The Morgan fingerprint density at radius 3 is 2.62 bits per heavy atom. The zero-order valence-corrected chi connectivity index (χ0v) is 16.9. The molecule has 10 heteroatoms. The maximum atomic E-state index is 13.8. The van der Waals surface area contributed by atoms with E-state index in [-0.39, 0.29) is 31.2 Å². The van der Waals surface area contributed by atoms with Gasteiger partial charge in [0.25, 0.3) is 0 Å². The number of aryl methyl sites for hydroxylation is 1. The first-order valence-corrected chi connectivity index (χ1v) is 9.80. The fourth-order valence-electron chi connectivity index (χ4n) is 2.94. The molecule has 2 aromatic carbocycles. The highest BCUT2D eigenvalue weighted by molar-refractivity contribution is 5.94. The second kappa shape index (κ2) is 9.65. The molecule has 0 radical (unpaired) electrons. The number of nitrogens with one attached hydrogen (secondary N) is 2. The van der Waals surface area contributed by atoms with Crippen molar-refractivity contribution in [2.45, 2.75) is 12.8 Å². The largest absolute Gasteiger partial charge is 0.441 e. The van der Waals surface area contributed by atoms with E-state index in [1.165, 1.54) is 18.6 Å². The first kappa shape index (κ1) is 20.9. The maximum Gasteiger partial charge on any atom is 0.243 e. The van der Waals surface area contributed by atoms with Crippen LogP contribution in [0, 0.1) is 5.82 Å². The van der Waals surface area contributed by atoms with Gasteiger partial charge in [-0.3, -0.25) is 9.59 Å². The lowest BCUT2D eigenvalue weighted by Crippen LogP contribution is -2.32. The lowest BCUT2D eigenvalue weighted by atomic mass is 10.2. The highest BCUT2D eigenvalue weighted by Crippen LogP contribution is 2.23. The molecule has 0 saturated carbocycles. The van der Waals surface area contributed by atoms with E-state index in [1.807, 2.05) is 0 Å². The molecule has 4 aromatic rings. The molecule has 0 aliphatic heterocycles. The van der Waals surface area contributed by atoms with Crippen LogP contribution in [0.5, 0.6) is 0 Å². The van der Waals surface area contributed by atoms with Crippen LogP contribution in [-0.4, -0.2) is 38.1 Å². The van der Waals surface area contributed by atoms with Crippen molar-refractivity contribution in [1.82, 2.24) is 25.1 Å². The molecular formula is C22H19FN6O3. The van der Waals surface area contributed by atoms with E-state index < -0.39 is 5.82 Å². The fourth-order valence-corrected chi connectivity index (χ4v) is 2.94. The van der Waals surface area contributed by atoms with E-state index in [0.717, 1.165) is 5.69 Å². The lowest BCUT2D eigenvalue weighted by Gasteiger charge is -2.07. The van der Waals surface area contributed by atoms with E-state index in [4.69, 9.17) is 4.42 Å². The number of hydrogen-bond donors (Lipinski definition) is 2. The number of anilines is 1. The molecule has 2 heterocycles. The van der Waals surface area contributed by atoms with Crippen LogP contribution in [0.25, 0.3) is 17.0 Å². The molecule has 0 saturated heterocycles. The molecule has 2 aromatic heterocycles. The Morgan fingerprint density at radius 1 is 1.06 bits per heavy atom. The summed E-state index contributed by atoms with van der Waals surface area (Å²) in [5.74, 6) is -0.479. The van der Waals surface area contributed by atoms with Crippen molar-refractivity contribution in [2.24, 2.45) is 0 Å². The van der Waals surface area contributed by atoms with Crippen LogP contribution in [0.15, 0.2) is 71.8 Å². The number of nitrogens with zero attached hydrogens (tertiary/aromatic N) is 4. The van der Waals surface area contributed by atoms with E-state index in [0.29, 0.717) is 22.9 Å². The fraction of sp³-hybridized carbons (Fsp3) is 0.136. The van der Waals surface area contributed by atoms with Gasteiger partial charge in [-0.25, -0.2) is 19.0 Å². The summed E-state index contributed by atoms with van der Waals surface area (Å²) in [5, 5.41) is 9.29. The molecule has 0 aliphatic carbocycles. The van der Waals surface area contributed by atoms with Gasteiger partial charge in [0.1, 0.15) is 18.5 Å². The van der Waals surface area contributed by atoms with Crippen LogP contribution in [0.2, 0.25) is 0 Å². The van der Waals surface area contributed by atoms with Crippen LogP contribution >= 0.6 is 0 Å². The van der Waals surface area contributed by atoms with Crippen LogP contribution in [0.3, 0.4) is 0 Å². The van der Waals surface area contributed by atoms with Gasteiger partial charge in [-0.05, 0) is 36.4 Å². The first-order chi connectivity index (χ1) is 15.6. The molecule has 0 aliphatic rings. The number of carbonyl (C=O) groups is 2. The van der Waals surface area contributed by atoms with Crippen molar-refractivity contribution in [3.8, 4) is 17.0 Å². The van der Waals surface area contributed by atoms with Crippen molar-refractivity contribution in [3.05, 3.63) is 79.1 Å². The van der Waals surface area contributed by atoms with E-state index in [9.17, 15) is 14.0 Å². The monoisotopic (exact) mass is 434 g/mol. The molecule has 0 bridgehead atoms. The van der Waals surface area contributed by atoms with Gasteiger partial charge in [-0.2, -0.15) is 5.10 Å². The Hall–Kier alpha value is -4.34. The zero-order chi connectivity index (χ0) is 22.3. The highest BCUT2D eigenvalue weighted by atomic mass is 19.1. The number of aromatic nitrogens is 4. The number of oxazole rings is 1. The second-order valence-electron chi connectivity index (χ2n) is 6.81. The molecule has 32 heavy (non-hydrogen) atoms. The van der Waals surface area contributed by atoms with Gasteiger partial charge in [0.05, 0.1) is 24.0 Å². The summed E-state index contributed by atoms with van der Waals surface area (Å²) < 4.78 is 20.9. The zero-order valence-electron chi connectivity index (χ0n) is 16.9. The molecule has 0 unspecified atom stereocenters. The summed E-state index contributed by atoms with van der Waals surface area (Å²) in [6.45, 7) is -0.171. The van der Waals surface area contributed by atoms with Crippen LogP contribution in [-0.2, 0) is 16.0 Å². The summed E-state index contributed by atoms with van der Waals surface area (Å²) in [6.07, 6.45) is 4.74. The van der Waals surface area contributed by atoms with Gasteiger partial charge < -0.3 is 15.1 Å². The van der Waals surface area contributed by atoms with Gasteiger partial charge in [-0.15, -0.1) is 0 Å². The number of benzene rings is 2. The Bertz CT molecular complexity index is 1200. The van der Waals surface area contributed by atoms with Crippen molar-refractivity contribution in [3.63, 3.8) is 0 Å². The average molecular weight is 434 g/mol. The van der Waals surface area contributed by atoms with E-state index in [1.54, 1.807) is 53.5 Å². The summed E-state index contributed by atoms with van der Waals surface area (Å²) >= 11 is 0. The highest BCUT2D eigenvalue weighted by Gasteiger charge is 2.12. The summed E-state index contributed by atoms with van der Waals surface area (Å²) in [5.41, 5.74) is 1.70. The normalized spacial score (nSPS) is 10.7. The summed E-state index contributed by atoms with van der Waals surface area (Å²) in [4.78, 5) is 32.1. The number of hydrogen-bond acceptors (Lipinski definition) is 6. The van der Waals surface area contributed by atoms with Crippen LogP contribution in [0.1, 0.15) is 12.3 Å². The third-order valence-corrected chi connectivity index (χ3v) is 4.54. The van der Waals surface area contributed by atoms with E-state index in [2.05, 4.69) is 25.7 Å². The summed E-state index contributed by atoms with van der Waals surface area (Å²) in [6, 6.07) is 13.2. The van der Waals surface area contributed by atoms with Crippen molar-refractivity contribution in [1.29, 1.82) is 0 Å². The Kier molecular flexibility index (Phi) is 6.30. The minimum atomic E-state index is -0.410. The van der Waals surface area contributed by atoms with Crippen molar-refractivity contribution >= 4 is 17.5 Å². The van der Waals surface area contributed by atoms with Gasteiger partial charge >= 0.3 is 0 Å². The molecule has 9 nitrogen and oxygen atoms in total. The predicted octanol–water partition coefficient (Wildman–Crippen LogP) is 2.75. The third kappa shape index (κ3) is 5.22. The molecule has 4 rings (SSSR count). The number of amides is 2. The van der Waals surface area contributed by atoms with Crippen molar-refractivity contribution in [2.75, 3.05) is 11.9 Å². The minimum absolute atomic E-state index is 0.0805. The topological polar surface area (TPSA) is 115 Å². The second-order valence-corrected chi connectivity index (χ2v) is 6.81. The first-order valence-electron chi connectivity index (χ1n) is 9.80. The smallest absolute Gasteiger partial charge is 0.243 e. The quantitative estimate of drug-likeness (QED) is 0.441. The average Bonchev–Trinajstić information content (AvgIpc) is 3.50. The van der Waals surface area contributed by atoms with Gasteiger partial charge in [0, 0.05) is 18.5 Å². The number of carbonyl (C=O) groups excluding carboxylic acids is 2. The Morgan fingerprint density at radius 2 is 1.88 bits per heavy atom. The van der Waals surface area contributed by atoms with E-state index >= 15 is 0 Å². The third-order valence-electron chi connectivity index (χ3n) is 4.54. The Balaban J connectivity index is 1.21. The molecule has 0 atom stereocenters. The van der Waals surface area contributed by atoms with Gasteiger partial charge in [0.15, 0.2) is 11.7 Å². The molecule has 2 N–H and O–H groups in total.